The molecule has 0 aliphatic heterocycles. The van der Waals surface area contributed by atoms with Gasteiger partial charge in [-0.25, -0.2) is 4.79 Å². The van der Waals surface area contributed by atoms with E-state index in [4.69, 9.17) is 0 Å². The van der Waals surface area contributed by atoms with Gasteiger partial charge in [0.25, 0.3) is 5.91 Å². The first kappa shape index (κ1) is 33.0. The van der Waals surface area contributed by atoms with Crippen LogP contribution in [0.25, 0.3) is 11.1 Å². The molecule has 4 aromatic rings. The molecule has 0 aliphatic rings. The summed E-state index contributed by atoms with van der Waals surface area (Å²) in [5.74, 6) is -3.10. The van der Waals surface area contributed by atoms with E-state index in [0.29, 0.717) is 17.7 Å². The fourth-order valence-corrected chi connectivity index (χ4v) is 4.93. The molecule has 2 amide bonds. The first-order valence-corrected chi connectivity index (χ1v) is 14.8. The van der Waals surface area contributed by atoms with Crippen LogP contribution in [0.1, 0.15) is 64.4 Å². The monoisotopic (exact) mass is 616 g/mol. The molecule has 0 atom stereocenters. The van der Waals surface area contributed by atoms with Gasteiger partial charge >= 0.3 is 18.1 Å². The van der Waals surface area contributed by atoms with Crippen molar-refractivity contribution in [1.29, 1.82) is 0 Å². The SMILES string of the molecule is CCCCCc1ccc(CNC(=O)c2ccc(-c3ccc(CN(Cc4cccc(C(F)(F)F)c4)C(=O)C(=O)O)cc3)cc2)cc1. The molecule has 0 saturated heterocycles. The van der Waals surface area contributed by atoms with Gasteiger partial charge in [0.05, 0.1) is 5.56 Å². The average molecular weight is 617 g/mol. The van der Waals surface area contributed by atoms with Gasteiger partial charge in [0.1, 0.15) is 0 Å². The molecule has 9 heteroatoms. The lowest BCUT2D eigenvalue weighted by Crippen LogP contribution is -2.35. The average Bonchev–Trinajstić information content (AvgIpc) is 3.04. The predicted octanol–water partition coefficient (Wildman–Crippen LogP) is 7.65. The molecular formula is C36H35F3N2O4. The van der Waals surface area contributed by atoms with E-state index >= 15 is 0 Å². The van der Waals surface area contributed by atoms with Crippen molar-refractivity contribution < 1.29 is 32.7 Å². The third kappa shape index (κ3) is 9.53. The van der Waals surface area contributed by atoms with Gasteiger partial charge in [-0.3, -0.25) is 9.59 Å². The minimum Gasteiger partial charge on any atom is -0.474 e. The number of aryl methyl sites for hydroxylation is 1. The number of nitrogens with zero attached hydrogens (tertiary/aromatic N) is 1. The largest absolute Gasteiger partial charge is 0.474 e. The Bertz CT molecular complexity index is 1600. The van der Waals surface area contributed by atoms with Gasteiger partial charge in [0, 0.05) is 25.2 Å². The summed E-state index contributed by atoms with van der Waals surface area (Å²) in [6, 6.07) is 26.9. The van der Waals surface area contributed by atoms with Crippen molar-refractivity contribution in [3.8, 4) is 11.1 Å². The Balaban J connectivity index is 1.36. The maximum Gasteiger partial charge on any atom is 0.416 e. The highest BCUT2D eigenvalue weighted by molar-refractivity contribution is 6.31. The van der Waals surface area contributed by atoms with Crippen molar-refractivity contribution >= 4 is 17.8 Å². The summed E-state index contributed by atoms with van der Waals surface area (Å²) in [6.07, 6.45) is 0.0719. The minimum atomic E-state index is -4.56. The van der Waals surface area contributed by atoms with Crippen molar-refractivity contribution in [2.24, 2.45) is 0 Å². The topological polar surface area (TPSA) is 86.7 Å². The summed E-state index contributed by atoms with van der Waals surface area (Å²) in [6.45, 7) is 2.20. The zero-order valence-electron chi connectivity index (χ0n) is 24.9. The highest BCUT2D eigenvalue weighted by Gasteiger charge is 2.31. The fourth-order valence-electron chi connectivity index (χ4n) is 4.93. The van der Waals surface area contributed by atoms with E-state index < -0.39 is 23.6 Å². The molecule has 234 valence electrons. The zero-order chi connectivity index (χ0) is 32.4. The number of carbonyl (C=O) groups is 3. The number of carbonyl (C=O) groups excluding carboxylic acids is 2. The molecule has 2 N–H and O–H groups in total. The van der Waals surface area contributed by atoms with Crippen molar-refractivity contribution in [3.63, 3.8) is 0 Å². The molecule has 0 aromatic heterocycles. The summed E-state index contributed by atoms with van der Waals surface area (Å²) in [4.78, 5) is 37.5. The standard InChI is InChI=1S/C36H35F3N2O4/c1-2-3-4-6-25-9-11-26(12-10-25)22-40-33(42)31-19-17-30(18-20-31)29-15-13-27(14-16-29)23-41(34(43)35(44)45)24-28-7-5-8-32(21-28)36(37,38)39/h5,7-21H,2-4,6,22-24H2,1H3,(H,40,42)(H,44,45). The second kappa shape index (κ2) is 15.2. The molecule has 0 aliphatic carbocycles. The van der Waals surface area contributed by atoms with Crippen LogP contribution in [0, 0.1) is 0 Å². The number of carboxylic acid groups (broad SMARTS) is 1. The normalized spacial score (nSPS) is 11.2. The third-order valence-electron chi connectivity index (χ3n) is 7.45. The highest BCUT2D eigenvalue weighted by Crippen LogP contribution is 2.30. The number of benzene rings is 4. The van der Waals surface area contributed by atoms with Crippen molar-refractivity contribution in [2.45, 2.75) is 58.4 Å². The lowest BCUT2D eigenvalue weighted by molar-refractivity contribution is -0.156. The number of nitrogens with one attached hydrogen (secondary N) is 1. The lowest BCUT2D eigenvalue weighted by Gasteiger charge is -2.22. The van der Waals surface area contributed by atoms with Crippen LogP contribution in [0.2, 0.25) is 0 Å². The second-order valence-corrected chi connectivity index (χ2v) is 10.9. The second-order valence-electron chi connectivity index (χ2n) is 10.9. The molecule has 0 fully saturated rings. The summed E-state index contributed by atoms with van der Waals surface area (Å²) < 4.78 is 39.4. The van der Waals surface area contributed by atoms with Crippen molar-refractivity contribution in [1.82, 2.24) is 10.2 Å². The van der Waals surface area contributed by atoms with E-state index in [2.05, 4.69) is 24.4 Å². The molecule has 4 rings (SSSR count). The van der Waals surface area contributed by atoms with Crippen LogP contribution >= 0.6 is 0 Å². The van der Waals surface area contributed by atoms with E-state index in [9.17, 15) is 32.7 Å². The number of hydrogen-bond donors (Lipinski definition) is 2. The number of halogens is 3. The Morgan fingerprint density at radius 2 is 1.31 bits per heavy atom. The summed E-state index contributed by atoms with van der Waals surface area (Å²) in [5, 5.41) is 12.2. The molecular weight excluding hydrogens is 581 g/mol. The van der Waals surface area contributed by atoms with Crippen LogP contribution in [0.4, 0.5) is 13.2 Å². The van der Waals surface area contributed by atoms with Gasteiger partial charge in [-0.1, -0.05) is 92.6 Å². The summed E-state index contributed by atoms with van der Waals surface area (Å²) in [7, 11) is 0. The number of carboxylic acids is 1. The quantitative estimate of drug-likeness (QED) is 0.127. The summed E-state index contributed by atoms with van der Waals surface area (Å²) in [5.41, 5.74) is 4.41. The number of aliphatic carboxylic acids is 1. The maximum absolute atomic E-state index is 13.1. The van der Waals surface area contributed by atoms with Crippen LogP contribution < -0.4 is 5.32 Å². The molecule has 4 aromatic carbocycles. The fraction of sp³-hybridized carbons (Fsp3) is 0.250. The smallest absolute Gasteiger partial charge is 0.416 e. The molecule has 0 heterocycles. The van der Waals surface area contributed by atoms with Crippen molar-refractivity contribution in [3.05, 3.63) is 130 Å². The van der Waals surface area contributed by atoms with Gasteiger partial charge in [0.2, 0.25) is 0 Å². The summed E-state index contributed by atoms with van der Waals surface area (Å²) >= 11 is 0. The molecule has 0 saturated carbocycles. The van der Waals surface area contributed by atoms with E-state index in [1.165, 1.54) is 37.0 Å². The number of unbranched alkanes of at least 4 members (excludes halogenated alkanes) is 2. The van der Waals surface area contributed by atoms with Gasteiger partial charge in [0.15, 0.2) is 0 Å². The molecule has 0 radical (unpaired) electrons. The third-order valence-corrected chi connectivity index (χ3v) is 7.45. The van der Waals surface area contributed by atoms with E-state index in [1.807, 2.05) is 24.3 Å². The predicted molar refractivity (Wildman–Crippen MR) is 166 cm³/mol. The number of rotatable bonds is 12. The van der Waals surface area contributed by atoms with Crippen LogP contribution in [-0.2, 0) is 41.8 Å². The minimum absolute atomic E-state index is 0.109. The highest BCUT2D eigenvalue weighted by atomic mass is 19.4. The number of alkyl halides is 3. The Labute approximate surface area is 260 Å². The van der Waals surface area contributed by atoms with Crippen LogP contribution in [0.3, 0.4) is 0 Å². The van der Waals surface area contributed by atoms with Gasteiger partial charge in [-0.15, -0.1) is 0 Å². The van der Waals surface area contributed by atoms with Gasteiger partial charge in [-0.05, 0) is 70.5 Å². The first-order valence-electron chi connectivity index (χ1n) is 14.8. The molecule has 0 bridgehead atoms. The zero-order valence-corrected chi connectivity index (χ0v) is 24.9. The van der Waals surface area contributed by atoms with Gasteiger partial charge < -0.3 is 15.3 Å². The van der Waals surface area contributed by atoms with Crippen LogP contribution in [0.15, 0.2) is 97.1 Å². The Morgan fingerprint density at radius 3 is 1.91 bits per heavy atom. The molecule has 45 heavy (non-hydrogen) atoms. The van der Waals surface area contributed by atoms with E-state index in [-0.39, 0.29) is 24.6 Å². The first-order chi connectivity index (χ1) is 21.5. The molecule has 0 spiro atoms. The molecule has 0 unspecified atom stereocenters. The Kier molecular flexibility index (Phi) is 11.1. The maximum atomic E-state index is 13.1. The molecule has 6 nitrogen and oxygen atoms in total. The lowest BCUT2D eigenvalue weighted by atomic mass is 10.0. The number of amides is 2. The van der Waals surface area contributed by atoms with Crippen molar-refractivity contribution in [2.75, 3.05) is 0 Å². The van der Waals surface area contributed by atoms with Crippen LogP contribution in [-0.4, -0.2) is 27.8 Å². The number of hydrogen-bond acceptors (Lipinski definition) is 3. The van der Waals surface area contributed by atoms with Crippen LogP contribution in [0.5, 0.6) is 0 Å². The van der Waals surface area contributed by atoms with E-state index in [1.54, 1.807) is 36.4 Å². The Morgan fingerprint density at radius 1 is 0.733 bits per heavy atom. The Hall–Kier alpha value is -4.92. The van der Waals surface area contributed by atoms with E-state index in [0.717, 1.165) is 40.1 Å². The van der Waals surface area contributed by atoms with Gasteiger partial charge in [-0.2, -0.15) is 13.2 Å².